The molecule has 0 aliphatic heterocycles. The Balaban J connectivity index is 0.000000112. The summed E-state index contributed by atoms with van der Waals surface area (Å²) in [6, 6.07) is 149. The van der Waals surface area contributed by atoms with Crippen molar-refractivity contribution in [3.8, 4) is 108 Å². The van der Waals surface area contributed by atoms with Crippen LogP contribution in [0.3, 0.4) is 0 Å². The summed E-state index contributed by atoms with van der Waals surface area (Å²) in [5.41, 5.74) is 26.4. The molecule has 0 fully saturated rings. The normalized spacial score (nSPS) is 11.6. The molecule has 0 atom stereocenters. The van der Waals surface area contributed by atoms with Crippen molar-refractivity contribution in [3.63, 3.8) is 0 Å². The van der Waals surface area contributed by atoms with E-state index in [0.717, 1.165) is 168 Å². The molecule has 0 saturated heterocycles. The van der Waals surface area contributed by atoms with Crippen LogP contribution in [0.2, 0.25) is 0 Å². The third-order valence-corrected chi connectivity index (χ3v) is 23.8. The highest BCUT2D eigenvalue weighted by atomic mass is 15.3. The third-order valence-electron chi connectivity index (χ3n) is 23.8. The molecule has 15 nitrogen and oxygen atoms in total. The monoisotopic (exact) mass is 1630 g/mol. The molecule has 598 valence electrons. The summed E-state index contributed by atoms with van der Waals surface area (Å²) in [7, 11) is 0. The molecule has 0 N–H and O–H groups in total. The van der Waals surface area contributed by atoms with Crippen molar-refractivity contribution in [2.24, 2.45) is 0 Å². The van der Waals surface area contributed by atoms with Gasteiger partial charge < -0.3 is 0 Å². The zero-order chi connectivity index (χ0) is 83.1. The van der Waals surface area contributed by atoms with E-state index < -0.39 is 0 Å². The average molecular weight is 1630 g/mol. The molecule has 0 radical (unpaired) electrons. The second-order valence-corrected chi connectivity index (χ2v) is 31.3. The molecule has 127 heavy (non-hydrogen) atoms. The molecule has 9 aromatic heterocycles. The van der Waals surface area contributed by atoms with Crippen LogP contribution in [0.1, 0.15) is 7.43 Å². The highest BCUT2D eigenvalue weighted by Gasteiger charge is 2.26. The van der Waals surface area contributed by atoms with E-state index in [0.29, 0.717) is 17.6 Å². The summed E-state index contributed by atoms with van der Waals surface area (Å²) in [5.74, 6) is 5.92. The summed E-state index contributed by atoms with van der Waals surface area (Å²) >= 11 is 0. The molecule has 0 aliphatic carbocycles. The number of fused-ring (bicyclic) bond motifs is 21. The topological polar surface area (TPSA) is 144 Å². The second-order valence-electron chi connectivity index (χ2n) is 31.3. The van der Waals surface area contributed by atoms with Crippen LogP contribution < -0.4 is 0 Å². The van der Waals surface area contributed by atoms with Crippen LogP contribution in [0.25, 0.3) is 223 Å². The Kier molecular flexibility index (Phi) is 18.3. The van der Waals surface area contributed by atoms with Crippen molar-refractivity contribution >= 4 is 116 Å². The van der Waals surface area contributed by atoms with E-state index in [-0.39, 0.29) is 7.43 Å². The maximum absolute atomic E-state index is 5.21. The Morgan fingerprint density at radius 2 is 0.441 bits per heavy atom. The van der Waals surface area contributed by atoms with Crippen LogP contribution >= 0.6 is 0 Å². The van der Waals surface area contributed by atoms with Crippen molar-refractivity contribution in [2.75, 3.05) is 0 Å². The minimum atomic E-state index is 0. The summed E-state index contributed by atoms with van der Waals surface area (Å²) in [4.78, 5) is 45.8. The Bertz CT molecular complexity index is 8490. The van der Waals surface area contributed by atoms with E-state index in [1.54, 1.807) is 0 Å². The Morgan fingerprint density at radius 3 is 0.858 bits per heavy atom. The molecule has 9 heterocycles. The number of imidazole rings is 6. The van der Waals surface area contributed by atoms with Gasteiger partial charge in [-0.05, 0) is 140 Å². The predicted molar refractivity (Wildman–Crippen MR) is 518 cm³/mol. The molecular weight excluding hydrogens is 1560 g/mol. The zero-order valence-corrected chi connectivity index (χ0v) is 67.7. The van der Waals surface area contributed by atoms with Gasteiger partial charge in [0.2, 0.25) is 23.3 Å². The minimum absolute atomic E-state index is 0. The highest BCUT2D eigenvalue weighted by Crippen LogP contribution is 2.42. The Morgan fingerprint density at radius 1 is 0.157 bits per heavy atom. The molecule has 0 bridgehead atoms. The van der Waals surface area contributed by atoms with Gasteiger partial charge in [-0.3, -0.25) is 22.3 Å². The van der Waals surface area contributed by atoms with E-state index in [9.17, 15) is 0 Å². The first-order chi connectivity index (χ1) is 62.5. The van der Waals surface area contributed by atoms with Gasteiger partial charge in [0.1, 0.15) is 11.6 Å². The number of hydrogen-bond acceptors (Lipinski definition) is 9. The molecule has 0 spiro atoms. The van der Waals surface area contributed by atoms with Gasteiger partial charge in [0, 0.05) is 45.5 Å². The summed E-state index contributed by atoms with van der Waals surface area (Å²) in [5, 5.41) is 7.60. The molecule has 0 unspecified atom stereocenters. The van der Waals surface area contributed by atoms with E-state index in [4.69, 9.17) is 44.9 Å². The van der Waals surface area contributed by atoms with Gasteiger partial charge in [0.15, 0.2) is 11.6 Å². The number of nitrogens with zero attached hydrogens (tertiary/aromatic N) is 15. The lowest BCUT2D eigenvalue weighted by Crippen LogP contribution is -2.04. The maximum atomic E-state index is 5.21. The predicted octanol–water partition coefficient (Wildman–Crippen LogP) is 27.1. The molecule has 15 heteroatoms. The van der Waals surface area contributed by atoms with Gasteiger partial charge in [-0.1, -0.05) is 341 Å². The van der Waals surface area contributed by atoms with Crippen LogP contribution in [0.5, 0.6) is 0 Å². The third kappa shape index (κ3) is 13.0. The quantitative estimate of drug-likeness (QED) is 0.116. The van der Waals surface area contributed by atoms with E-state index in [1.165, 1.54) is 37.9 Å². The summed E-state index contributed by atoms with van der Waals surface area (Å²) in [6.45, 7) is 0. The lowest BCUT2D eigenvalue weighted by Gasteiger charge is -2.12. The van der Waals surface area contributed by atoms with Crippen molar-refractivity contribution in [1.82, 2.24) is 71.8 Å². The van der Waals surface area contributed by atoms with E-state index in [2.05, 4.69) is 282 Å². The highest BCUT2D eigenvalue weighted by molar-refractivity contribution is 6.26. The van der Waals surface area contributed by atoms with Gasteiger partial charge in [-0.25, -0.2) is 49.4 Å². The number of benzene rings is 17. The van der Waals surface area contributed by atoms with Gasteiger partial charge in [-0.15, -0.1) is 0 Å². The first-order valence-corrected chi connectivity index (χ1v) is 42.1. The fraction of sp³-hybridized carbons (Fsp3) is 0.00893. The van der Waals surface area contributed by atoms with Crippen molar-refractivity contribution in [2.45, 2.75) is 7.43 Å². The smallest absolute Gasteiger partial charge is 0.238 e. The van der Waals surface area contributed by atoms with Gasteiger partial charge in [0.25, 0.3) is 0 Å². The van der Waals surface area contributed by atoms with Gasteiger partial charge in [-0.2, -0.15) is 0 Å². The number of rotatable bonds is 11. The van der Waals surface area contributed by atoms with E-state index >= 15 is 0 Å². The molecule has 26 aromatic rings. The first kappa shape index (κ1) is 74.6. The molecule has 17 aromatic carbocycles. The van der Waals surface area contributed by atoms with Gasteiger partial charge in [0.05, 0.1) is 89.0 Å². The largest absolute Gasteiger partial charge is 0.276 e. The number of para-hydroxylation sites is 8. The summed E-state index contributed by atoms with van der Waals surface area (Å²) < 4.78 is 13.1. The molecule has 0 amide bonds. The van der Waals surface area contributed by atoms with Crippen LogP contribution in [-0.4, -0.2) is 71.8 Å². The Hall–Kier alpha value is -17.4. The standard InChI is InChI=1S/C47H29N5.C35H23N5.C29H19N5.CH4/c1-3-13-30(14-4-1)41-29-42(31-15-5-2-6-16-31)49-46(48-41)52-44-26-24-33(28-45(44)51-43-22-12-11-21-40(43)50-47(51)52)32-23-25-38-36-19-8-7-17-34(36)35-18-9-10-20-37(35)39(38)27-32;1-4-12-24(13-5-1)27-20-21-31-32(22-27)39-30-19-11-10-18-28(30)37-35(39)40(31)33-23-29(25-14-6-2-7-15-25)36-34(38-33)26-16-8-3-9-17-26;1-3-11-20(12-4-1)23-19-27(32-28(30-23)21-13-5-2-6-14-21)34-26-18-10-9-17-25(26)33-24-16-8-7-15-22(24)31-29(33)34;/h1-29H;1-23H;1-19H;1H4. The minimum Gasteiger partial charge on any atom is -0.276 e. The van der Waals surface area contributed by atoms with Crippen LogP contribution in [0.15, 0.2) is 431 Å². The van der Waals surface area contributed by atoms with Crippen molar-refractivity contribution < 1.29 is 0 Å². The van der Waals surface area contributed by atoms with Crippen molar-refractivity contribution in [1.29, 1.82) is 0 Å². The molecule has 0 aliphatic rings. The van der Waals surface area contributed by atoms with Crippen LogP contribution in [0.4, 0.5) is 0 Å². The van der Waals surface area contributed by atoms with Crippen LogP contribution in [-0.2, 0) is 0 Å². The lowest BCUT2D eigenvalue weighted by molar-refractivity contribution is 0.972. The number of hydrogen-bond donors (Lipinski definition) is 0. The fourth-order valence-corrected chi connectivity index (χ4v) is 18.0. The SMILES string of the molecule is C.c1ccc(-c2cc(-c3ccccc3)nc(-n3c4ccc(-c5ccc6c7ccccc7c7ccccc7c6c5)cc4n4c5ccccc5nc34)n2)cc1.c1ccc(-c2cc(-n3c4ccccc4n4c5ccccc5nc34)nc(-c3ccccc3)n2)cc1.c1ccc(-c2ccc3c(c2)n2c4ccccc4nc2n3-c2cc(-c3ccccc3)nc(-c3ccccc3)n2)cc1. The Labute approximate surface area is 728 Å². The lowest BCUT2D eigenvalue weighted by atomic mass is 9.92. The number of aromatic nitrogens is 15. The zero-order valence-electron chi connectivity index (χ0n) is 67.7. The van der Waals surface area contributed by atoms with E-state index in [1.807, 2.05) is 176 Å². The van der Waals surface area contributed by atoms with Crippen LogP contribution in [0, 0.1) is 0 Å². The first-order valence-electron chi connectivity index (χ1n) is 42.1. The van der Waals surface area contributed by atoms with Gasteiger partial charge >= 0.3 is 0 Å². The molecule has 0 saturated carbocycles. The molecular formula is C112H75N15. The second kappa shape index (κ2) is 31.2. The average Bonchev–Trinajstić information content (AvgIpc) is 1.59. The summed E-state index contributed by atoms with van der Waals surface area (Å²) in [6.07, 6.45) is 0. The molecule has 26 rings (SSSR count). The fourth-order valence-electron chi connectivity index (χ4n) is 18.0. The van der Waals surface area contributed by atoms with Crippen molar-refractivity contribution in [3.05, 3.63) is 431 Å². The maximum Gasteiger partial charge on any atom is 0.238 e.